The van der Waals surface area contributed by atoms with Gasteiger partial charge in [0.1, 0.15) is 6.04 Å². The molecule has 0 bridgehead atoms. The lowest BCUT2D eigenvalue weighted by Crippen LogP contribution is -2.41. The molecule has 1 fully saturated rings. The van der Waals surface area contributed by atoms with Crippen molar-refractivity contribution in [1.82, 2.24) is 16.0 Å². The lowest BCUT2D eigenvalue weighted by molar-refractivity contribution is -0.125. The van der Waals surface area contributed by atoms with Gasteiger partial charge in [-0.2, -0.15) is 0 Å². The zero-order chi connectivity index (χ0) is 21.0. The van der Waals surface area contributed by atoms with Gasteiger partial charge in [0.15, 0.2) is 0 Å². The van der Waals surface area contributed by atoms with Gasteiger partial charge in [0.2, 0.25) is 11.8 Å². The number of hydrogen-bond acceptors (Lipinski definition) is 3. The fraction of sp³-hybridized carbons (Fsp3) is 0.200. The molecule has 0 spiro atoms. The third-order valence-corrected chi connectivity index (χ3v) is 5.56. The Hall–Kier alpha value is -1.92. The molecule has 1 aliphatic rings. The summed E-state index contributed by atoms with van der Waals surface area (Å²) in [6.45, 7) is 0.673. The Kier molecular flexibility index (Phi) is 7.30. The van der Waals surface area contributed by atoms with E-state index in [1.54, 1.807) is 36.5 Å². The highest BCUT2D eigenvalue weighted by molar-refractivity contribution is 6.35. The molecule has 2 amide bonds. The maximum atomic E-state index is 12.4. The normalized spacial score (nSPS) is 17.3. The smallest absolute Gasteiger partial charge is 0.249 e. The maximum absolute atomic E-state index is 12.4. The first kappa shape index (κ1) is 21.8. The predicted octanol–water partition coefficient (Wildman–Crippen LogP) is 4.48. The van der Waals surface area contributed by atoms with Crippen LogP contribution >= 0.6 is 46.4 Å². The first-order valence-electron chi connectivity index (χ1n) is 8.72. The fourth-order valence-corrected chi connectivity index (χ4v) is 3.77. The van der Waals surface area contributed by atoms with Crippen molar-refractivity contribution in [3.63, 3.8) is 0 Å². The SMILES string of the molecule is O=C1N[C@H](C(=O)NCc2ccc(Cl)cc2Cl)C/C1=C/NCc1ccc(Cl)cc1Cl. The average Bonchev–Trinajstić information content (AvgIpc) is 3.03. The summed E-state index contributed by atoms with van der Waals surface area (Å²) >= 11 is 24.0. The molecular weight excluding hydrogens is 456 g/mol. The number of rotatable bonds is 6. The molecule has 1 aliphatic heterocycles. The predicted molar refractivity (Wildman–Crippen MR) is 116 cm³/mol. The third kappa shape index (κ3) is 5.80. The van der Waals surface area contributed by atoms with Crippen LogP contribution in [0, 0.1) is 0 Å². The molecule has 29 heavy (non-hydrogen) atoms. The van der Waals surface area contributed by atoms with E-state index in [-0.39, 0.29) is 24.8 Å². The second-order valence-corrected chi connectivity index (χ2v) is 8.16. The number of benzene rings is 2. The lowest BCUT2D eigenvalue weighted by atomic mass is 10.1. The highest BCUT2D eigenvalue weighted by Gasteiger charge is 2.31. The summed E-state index contributed by atoms with van der Waals surface area (Å²) in [5.74, 6) is -0.571. The first-order chi connectivity index (χ1) is 13.8. The van der Waals surface area contributed by atoms with Crippen molar-refractivity contribution in [3.05, 3.63) is 79.4 Å². The second-order valence-electron chi connectivity index (χ2n) is 6.47. The van der Waals surface area contributed by atoms with E-state index in [1.807, 2.05) is 6.07 Å². The van der Waals surface area contributed by atoms with E-state index in [9.17, 15) is 9.59 Å². The monoisotopic (exact) mass is 471 g/mol. The van der Waals surface area contributed by atoms with Crippen LogP contribution in [0.2, 0.25) is 20.1 Å². The molecule has 152 valence electrons. The van der Waals surface area contributed by atoms with Gasteiger partial charge in [0.05, 0.1) is 0 Å². The van der Waals surface area contributed by atoms with Crippen molar-refractivity contribution in [2.24, 2.45) is 0 Å². The largest absolute Gasteiger partial charge is 0.386 e. The Morgan fingerprint density at radius 2 is 1.59 bits per heavy atom. The van der Waals surface area contributed by atoms with Crippen LogP contribution in [0.4, 0.5) is 0 Å². The summed E-state index contributed by atoms with van der Waals surface area (Å²) in [4.78, 5) is 24.5. The molecule has 3 N–H and O–H groups in total. The third-order valence-electron chi connectivity index (χ3n) is 4.39. The summed E-state index contributed by atoms with van der Waals surface area (Å²) in [5, 5.41) is 10.6. The molecule has 3 rings (SSSR count). The molecule has 5 nitrogen and oxygen atoms in total. The van der Waals surface area contributed by atoms with E-state index in [2.05, 4.69) is 16.0 Å². The number of carbonyl (C=O) groups is 2. The van der Waals surface area contributed by atoms with E-state index >= 15 is 0 Å². The Bertz CT molecular complexity index is 978. The van der Waals surface area contributed by atoms with Crippen molar-refractivity contribution in [2.45, 2.75) is 25.6 Å². The van der Waals surface area contributed by atoms with Crippen LogP contribution in [0.1, 0.15) is 17.5 Å². The minimum Gasteiger partial charge on any atom is -0.386 e. The second kappa shape index (κ2) is 9.72. The average molecular weight is 473 g/mol. The van der Waals surface area contributed by atoms with Crippen LogP contribution in [-0.2, 0) is 22.7 Å². The van der Waals surface area contributed by atoms with E-state index in [4.69, 9.17) is 46.4 Å². The van der Waals surface area contributed by atoms with E-state index in [0.717, 1.165) is 11.1 Å². The molecule has 0 radical (unpaired) electrons. The Balaban J connectivity index is 1.53. The summed E-state index contributed by atoms with van der Waals surface area (Å²) in [7, 11) is 0. The summed E-state index contributed by atoms with van der Waals surface area (Å²) in [6, 6.07) is 9.63. The number of nitrogens with one attached hydrogen (secondary N) is 3. The van der Waals surface area contributed by atoms with Gasteiger partial charge in [-0.3, -0.25) is 9.59 Å². The molecule has 1 atom stereocenters. The molecule has 2 aromatic carbocycles. The van der Waals surface area contributed by atoms with Gasteiger partial charge in [-0.25, -0.2) is 0 Å². The summed E-state index contributed by atoms with van der Waals surface area (Å²) in [6.07, 6.45) is 1.88. The molecule has 1 saturated heterocycles. The van der Waals surface area contributed by atoms with Gasteiger partial charge in [-0.05, 0) is 35.4 Å². The van der Waals surface area contributed by atoms with Crippen LogP contribution in [-0.4, -0.2) is 17.9 Å². The van der Waals surface area contributed by atoms with Crippen molar-refractivity contribution in [2.75, 3.05) is 0 Å². The lowest BCUT2D eigenvalue weighted by Gasteiger charge is -2.11. The van der Waals surface area contributed by atoms with Crippen LogP contribution in [0.5, 0.6) is 0 Å². The minimum atomic E-state index is -0.638. The van der Waals surface area contributed by atoms with Gasteiger partial charge in [-0.1, -0.05) is 58.5 Å². The number of halogens is 4. The van der Waals surface area contributed by atoms with E-state index in [0.29, 0.717) is 32.2 Å². The fourth-order valence-electron chi connectivity index (χ4n) is 2.82. The minimum absolute atomic E-state index is 0.244. The number of amides is 2. The molecule has 0 saturated carbocycles. The summed E-state index contributed by atoms with van der Waals surface area (Å²) < 4.78 is 0. The Labute approximate surface area is 188 Å². The highest BCUT2D eigenvalue weighted by atomic mass is 35.5. The first-order valence-corrected chi connectivity index (χ1v) is 10.2. The van der Waals surface area contributed by atoms with Crippen LogP contribution in [0.15, 0.2) is 48.2 Å². The van der Waals surface area contributed by atoms with E-state index in [1.165, 1.54) is 0 Å². The quantitative estimate of drug-likeness (QED) is 0.543. The zero-order valence-corrected chi connectivity index (χ0v) is 18.1. The van der Waals surface area contributed by atoms with Crippen molar-refractivity contribution < 1.29 is 9.59 Å². The van der Waals surface area contributed by atoms with Gasteiger partial charge in [0.25, 0.3) is 0 Å². The van der Waals surface area contributed by atoms with E-state index < -0.39 is 6.04 Å². The van der Waals surface area contributed by atoms with Gasteiger partial charge >= 0.3 is 0 Å². The summed E-state index contributed by atoms with van der Waals surface area (Å²) in [5.41, 5.74) is 2.08. The molecule has 0 aromatic heterocycles. The van der Waals surface area contributed by atoms with Crippen molar-refractivity contribution in [3.8, 4) is 0 Å². The van der Waals surface area contributed by atoms with Gasteiger partial charge < -0.3 is 16.0 Å². The van der Waals surface area contributed by atoms with Gasteiger partial charge in [0, 0.05) is 51.4 Å². The highest BCUT2D eigenvalue weighted by Crippen LogP contribution is 2.22. The van der Waals surface area contributed by atoms with Crippen molar-refractivity contribution >= 4 is 58.2 Å². The molecule has 0 unspecified atom stereocenters. The molecular formula is C20H17Cl4N3O2. The van der Waals surface area contributed by atoms with Gasteiger partial charge in [-0.15, -0.1) is 0 Å². The molecule has 2 aromatic rings. The number of hydrogen-bond donors (Lipinski definition) is 3. The molecule has 1 heterocycles. The van der Waals surface area contributed by atoms with Crippen molar-refractivity contribution in [1.29, 1.82) is 0 Å². The van der Waals surface area contributed by atoms with Crippen LogP contribution in [0.3, 0.4) is 0 Å². The van der Waals surface area contributed by atoms with Crippen LogP contribution in [0.25, 0.3) is 0 Å². The Morgan fingerprint density at radius 1 is 1.00 bits per heavy atom. The molecule has 9 heteroatoms. The standard InChI is InChI=1S/C20H17Cl4N3O2/c21-14-3-1-11(16(23)6-14)8-25-9-13-5-18(27-19(13)28)20(29)26-10-12-2-4-15(22)7-17(12)24/h1-4,6-7,9,18,25H,5,8,10H2,(H,26,29)(H,27,28)/b13-9-/t18-/m0/s1. The topological polar surface area (TPSA) is 70.2 Å². The Morgan fingerprint density at radius 3 is 2.17 bits per heavy atom. The van der Waals surface area contributed by atoms with Crippen LogP contribution < -0.4 is 16.0 Å². The zero-order valence-electron chi connectivity index (χ0n) is 15.1. The number of carbonyl (C=O) groups excluding carboxylic acids is 2. The maximum Gasteiger partial charge on any atom is 0.249 e. The molecule has 0 aliphatic carbocycles.